The Kier molecular flexibility index (Phi) is 3.84. The van der Waals surface area contributed by atoms with Gasteiger partial charge >= 0.3 is 5.76 Å². The van der Waals surface area contributed by atoms with Gasteiger partial charge in [0.15, 0.2) is 11.2 Å². The maximum absolute atomic E-state index is 11.8. The average Bonchev–Trinajstić information content (AvgIpc) is 2.81. The van der Waals surface area contributed by atoms with Crippen molar-refractivity contribution < 1.29 is 9.52 Å². The summed E-state index contributed by atoms with van der Waals surface area (Å²) in [5.41, 5.74) is 1.15. The van der Waals surface area contributed by atoms with E-state index < -0.39 is 0 Å². The number of oxazole rings is 1. The quantitative estimate of drug-likeness (QED) is 0.890. The lowest BCUT2D eigenvalue weighted by molar-refractivity contribution is 0.129. The molecule has 0 spiro atoms. The van der Waals surface area contributed by atoms with Crippen LogP contribution in [0.3, 0.4) is 0 Å². The number of fused-ring (bicyclic) bond motifs is 1. The molecule has 1 aliphatic rings. The fraction of sp³-hybridized carbons (Fsp3) is 0.571. The van der Waals surface area contributed by atoms with Crippen LogP contribution in [-0.2, 0) is 6.54 Å². The van der Waals surface area contributed by atoms with Crippen molar-refractivity contribution in [3.8, 4) is 0 Å². The van der Waals surface area contributed by atoms with Gasteiger partial charge in [0.05, 0.1) is 0 Å². The van der Waals surface area contributed by atoms with E-state index >= 15 is 0 Å². The van der Waals surface area contributed by atoms with Crippen molar-refractivity contribution >= 4 is 11.2 Å². The van der Waals surface area contributed by atoms with E-state index in [1.54, 1.807) is 22.9 Å². The van der Waals surface area contributed by atoms with E-state index in [4.69, 9.17) is 9.52 Å². The summed E-state index contributed by atoms with van der Waals surface area (Å²) in [4.78, 5) is 18.3. The molecule has 1 N–H and O–H groups in total. The molecular weight excluding hydrogens is 258 g/mol. The fourth-order valence-corrected chi connectivity index (χ4v) is 2.73. The third-order valence-electron chi connectivity index (χ3n) is 4.03. The molecule has 2 aromatic heterocycles. The van der Waals surface area contributed by atoms with E-state index in [1.165, 1.54) is 0 Å². The lowest BCUT2D eigenvalue weighted by atomic mass is 9.98. The second-order valence-corrected chi connectivity index (χ2v) is 5.31. The minimum atomic E-state index is -0.344. The van der Waals surface area contributed by atoms with Crippen molar-refractivity contribution in [3.05, 3.63) is 28.9 Å². The number of aliphatic hydroxyl groups excluding tert-OH is 1. The molecule has 20 heavy (non-hydrogen) atoms. The van der Waals surface area contributed by atoms with Gasteiger partial charge in [-0.1, -0.05) is 0 Å². The molecule has 1 fully saturated rings. The van der Waals surface area contributed by atoms with Gasteiger partial charge in [-0.05, 0) is 44.0 Å². The number of rotatable bonds is 4. The van der Waals surface area contributed by atoms with Crippen LogP contribution in [0.4, 0.5) is 0 Å². The number of nitrogens with zero attached hydrogens (tertiary/aromatic N) is 3. The molecular formula is C14H19N3O3. The summed E-state index contributed by atoms with van der Waals surface area (Å²) < 4.78 is 6.76. The first-order chi connectivity index (χ1) is 9.78. The number of piperidine rings is 1. The molecule has 0 atom stereocenters. The first-order valence-corrected chi connectivity index (χ1v) is 7.05. The fourth-order valence-electron chi connectivity index (χ4n) is 2.73. The van der Waals surface area contributed by atoms with Crippen LogP contribution in [0.1, 0.15) is 12.8 Å². The molecule has 0 aromatic carbocycles. The Labute approximate surface area is 116 Å². The van der Waals surface area contributed by atoms with Gasteiger partial charge in [-0.3, -0.25) is 4.57 Å². The maximum Gasteiger partial charge on any atom is 0.421 e. The van der Waals surface area contributed by atoms with Crippen LogP contribution in [0.25, 0.3) is 11.2 Å². The first kappa shape index (κ1) is 13.3. The van der Waals surface area contributed by atoms with Crippen LogP contribution in [0.5, 0.6) is 0 Å². The number of pyridine rings is 1. The minimum absolute atomic E-state index is 0.281. The molecule has 0 unspecified atom stereocenters. The SMILES string of the molecule is O=c1oc2cccnc2n1CCN1CCC(CO)CC1. The van der Waals surface area contributed by atoms with Gasteiger partial charge in [-0.15, -0.1) is 0 Å². The van der Waals surface area contributed by atoms with Gasteiger partial charge in [-0.25, -0.2) is 9.78 Å². The summed E-state index contributed by atoms with van der Waals surface area (Å²) in [6.07, 6.45) is 3.71. The standard InChI is InChI=1S/C14H19N3O3/c18-10-11-3-6-16(7-4-11)8-9-17-13-12(20-14(17)19)2-1-5-15-13/h1-2,5,11,18H,3-4,6-10H2. The second kappa shape index (κ2) is 5.76. The predicted molar refractivity (Wildman–Crippen MR) is 74.5 cm³/mol. The summed E-state index contributed by atoms with van der Waals surface area (Å²) >= 11 is 0. The zero-order valence-corrected chi connectivity index (χ0v) is 11.4. The van der Waals surface area contributed by atoms with Crippen LogP contribution >= 0.6 is 0 Å². The molecule has 6 nitrogen and oxygen atoms in total. The molecule has 0 radical (unpaired) electrons. The molecule has 1 saturated heterocycles. The van der Waals surface area contributed by atoms with Gasteiger partial charge < -0.3 is 14.4 Å². The van der Waals surface area contributed by atoms with Crippen molar-refractivity contribution in [2.24, 2.45) is 5.92 Å². The Balaban J connectivity index is 1.66. The maximum atomic E-state index is 11.8. The summed E-state index contributed by atoms with van der Waals surface area (Å²) in [5, 5.41) is 9.13. The van der Waals surface area contributed by atoms with E-state index in [0.717, 1.165) is 32.5 Å². The largest absolute Gasteiger partial charge is 0.421 e. The van der Waals surface area contributed by atoms with Gasteiger partial charge in [-0.2, -0.15) is 0 Å². The molecule has 1 aliphatic heterocycles. The number of aliphatic hydroxyl groups is 1. The van der Waals surface area contributed by atoms with E-state index in [-0.39, 0.29) is 12.4 Å². The highest BCUT2D eigenvalue weighted by molar-refractivity contribution is 5.67. The van der Waals surface area contributed by atoms with Crippen LogP contribution in [0.15, 0.2) is 27.5 Å². The Morgan fingerprint density at radius 2 is 2.15 bits per heavy atom. The first-order valence-electron chi connectivity index (χ1n) is 7.05. The van der Waals surface area contributed by atoms with Crippen molar-refractivity contribution in [2.45, 2.75) is 19.4 Å². The molecule has 0 bridgehead atoms. The molecule has 108 valence electrons. The third kappa shape index (κ3) is 2.62. The number of hydrogen-bond acceptors (Lipinski definition) is 5. The second-order valence-electron chi connectivity index (χ2n) is 5.31. The van der Waals surface area contributed by atoms with Crippen molar-refractivity contribution in [2.75, 3.05) is 26.2 Å². The molecule has 6 heteroatoms. The third-order valence-corrected chi connectivity index (χ3v) is 4.03. The van der Waals surface area contributed by atoms with E-state index in [0.29, 0.717) is 23.7 Å². The predicted octanol–water partition coefficient (Wildman–Crippen LogP) is 0.694. The lowest BCUT2D eigenvalue weighted by Gasteiger charge is -2.30. The molecule has 0 saturated carbocycles. The van der Waals surface area contributed by atoms with Gasteiger partial charge in [0.2, 0.25) is 0 Å². The Hall–Kier alpha value is -1.66. The Bertz CT molecular complexity index is 626. The van der Waals surface area contributed by atoms with Crippen molar-refractivity contribution in [3.63, 3.8) is 0 Å². The highest BCUT2D eigenvalue weighted by Crippen LogP contribution is 2.16. The molecule has 3 rings (SSSR count). The van der Waals surface area contributed by atoms with Crippen molar-refractivity contribution in [1.82, 2.24) is 14.5 Å². The zero-order chi connectivity index (χ0) is 13.9. The van der Waals surface area contributed by atoms with Gasteiger partial charge in [0.1, 0.15) is 0 Å². The van der Waals surface area contributed by atoms with Gasteiger partial charge in [0, 0.05) is 25.9 Å². The number of hydrogen-bond donors (Lipinski definition) is 1. The van der Waals surface area contributed by atoms with Crippen LogP contribution in [0, 0.1) is 5.92 Å². The Morgan fingerprint density at radius 3 is 2.90 bits per heavy atom. The highest BCUT2D eigenvalue weighted by atomic mass is 16.4. The summed E-state index contributed by atoms with van der Waals surface area (Å²) in [5.74, 6) is 0.0920. The topological polar surface area (TPSA) is 71.5 Å². The number of likely N-dealkylation sites (tertiary alicyclic amines) is 1. The highest BCUT2D eigenvalue weighted by Gasteiger charge is 2.19. The summed E-state index contributed by atoms with van der Waals surface area (Å²) in [6, 6.07) is 3.52. The van der Waals surface area contributed by atoms with Gasteiger partial charge in [0.25, 0.3) is 0 Å². The minimum Gasteiger partial charge on any atom is -0.406 e. The molecule has 2 aromatic rings. The van der Waals surface area contributed by atoms with Crippen LogP contribution in [-0.4, -0.2) is 45.8 Å². The summed E-state index contributed by atoms with van der Waals surface area (Å²) in [6.45, 7) is 3.63. The Morgan fingerprint density at radius 1 is 1.35 bits per heavy atom. The summed E-state index contributed by atoms with van der Waals surface area (Å²) in [7, 11) is 0. The molecule has 3 heterocycles. The normalized spacial score (nSPS) is 17.9. The smallest absolute Gasteiger partial charge is 0.406 e. The number of aromatic nitrogens is 2. The lowest BCUT2D eigenvalue weighted by Crippen LogP contribution is -2.37. The monoisotopic (exact) mass is 277 g/mol. The van der Waals surface area contributed by atoms with Crippen molar-refractivity contribution in [1.29, 1.82) is 0 Å². The van der Waals surface area contributed by atoms with Crippen LogP contribution in [0.2, 0.25) is 0 Å². The molecule has 0 amide bonds. The molecule has 0 aliphatic carbocycles. The zero-order valence-electron chi connectivity index (χ0n) is 11.4. The van der Waals surface area contributed by atoms with E-state index in [2.05, 4.69) is 9.88 Å². The average molecular weight is 277 g/mol. The van der Waals surface area contributed by atoms with Crippen LogP contribution < -0.4 is 5.76 Å². The van der Waals surface area contributed by atoms with E-state index in [1.807, 2.05) is 0 Å². The van der Waals surface area contributed by atoms with E-state index in [9.17, 15) is 4.79 Å².